The van der Waals surface area contributed by atoms with Gasteiger partial charge in [-0.3, -0.25) is 4.79 Å². The second-order valence-corrected chi connectivity index (χ2v) is 7.02. The molecule has 2 saturated heterocycles. The first kappa shape index (κ1) is 14.6. The maximum absolute atomic E-state index is 12.6. The number of carbonyl (C=O) groups excluding carboxylic acids is 1. The Bertz CT molecular complexity index is 497. The predicted octanol–water partition coefficient (Wildman–Crippen LogP) is 2.47. The van der Waals surface area contributed by atoms with Gasteiger partial charge in [-0.25, -0.2) is 0 Å². The number of benzene rings is 1. The molecule has 0 bridgehead atoms. The van der Waals surface area contributed by atoms with E-state index in [4.69, 9.17) is 0 Å². The van der Waals surface area contributed by atoms with Crippen LogP contribution in [0.4, 0.5) is 0 Å². The van der Waals surface area contributed by atoms with E-state index in [9.17, 15) is 4.79 Å². The lowest BCUT2D eigenvalue weighted by atomic mass is 9.85. The standard InChI is InChI=1S/C18H26N2O/c1-18(2)16-12-19-11-15(16)13-20(18)17(21)10-6-9-14-7-4-3-5-8-14/h3-5,7-8,15-16,19H,6,9-13H2,1-2H3. The van der Waals surface area contributed by atoms with Crippen molar-refractivity contribution in [1.29, 1.82) is 0 Å². The molecule has 2 atom stereocenters. The third-order valence-corrected chi connectivity index (χ3v) is 5.36. The number of aryl methyl sites for hydroxylation is 1. The number of amides is 1. The average molecular weight is 286 g/mol. The van der Waals surface area contributed by atoms with E-state index in [1.165, 1.54) is 5.56 Å². The highest BCUT2D eigenvalue weighted by atomic mass is 16.2. The topological polar surface area (TPSA) is 32.3 Å². The number of hydrogen-bond donors (Lipinski definition) is 1. The van der Waals surface area contributed by atoms with Gasteiger partial charge in [0.25, 0.3) is 0 Å². The molecule has 0 saturated carbocycles. The molecule has 0 spiro atoms. The van der Waals surface area contributed by atoms with Crippen LogP contribution in [0.5, 0.6) is 0 Å². The van der Waals surface area contributed by atoms with Gasteiger partial charge in [0.1, 0.15) is 0 Å². The van der Waals surface area contributed by atoms with Crippen molar-refractivity contribution in [3.8, 4) is 0 Å². The third kappa shape index (κ3) is 2.84. The zero-order valence-electron chi connectivity index (χ0n) is 13.1. The van der Waals surface area contributed by atoms with Gasteiger partial charge in [0.05, 0.1) is 0 Å². The molecule has 3 rings (SSSR count). The van der Waals surface area contributed by atoms with Crippen LogP contribution in [-0.2, 0) is 11.2 Å². The molecule has 2 fully saturated rings. The van der Waals surface area contributed by atoms with Crippen molar-refractivity contribution in [2.45, 2.75) is 38.6 Å². The Morgan fingerprint density at radius 2 is 2.05 bits per heavy atom. The molecule has 1 aromatic carbocycles. The van der Waals surface area contributed by atoms with Gasteiger partial charge in [-0.05, 0) is 44.1 Å². The van der Waals surface area contributed by atoms with E-state index in [-0.39, 0.29) is 5.54 Å². The lowest BCUT2D eigenvalue weighted by Gasteiger charge is -2.35. The summed E-state index contributed by atoms with van der Waals surface area (Å²) in [6.07, 6.45) is 2.61. The van der Waals surface area contributed by atoms with Crippen LogP contribution in [0.1, 0.15) is 32.3 Å². The van der Waals surface area contributed by atoms with E-state index in [1.54, 1.807) is 0 Å². The minimum atomic E-state index is 0.0119. The monoisotopic (exact) mass is 286 g/mol. The van der Waals surface area contributed by atoms with Crippen molar-refractivity contribution in [3.63, 3.8) is 0 Å². The van der Waals surface area contributed by atoms with Crippen LogP contribution in [0.25, 0.3) is 0 Å². The van der Waals surface area contributed by atoms with Gasteiger partial charge < -0.3 is 10.2 Å². The molecule has 114 valence electrons. The minimum Gasteiger partial charge on any atom is -0.337 e. The molecular formula is C18H26N2O. The Morgan fingerprint density at radius 1 is 1.29 bits per heavy atom. The Hall–Kier alpha value is -1.35. The van der Waals surface area contributed by atoms with Gasteiger partial charge in [0.15, 0.2) is 0 Å². The lowest BCUT2D eigenvalue weighted by Crippen LogP contribution is -2.47. The zero-order chi connectivity index (χ0) is 14.9. The van der Waals surface area contributed by atoms with Crippen LogP contribution in [0.3, 0.4) is 0 Å². The summed E-state index contributed by atoms with van der Waals surface area (Å²) in [5.74, 6) is 1.61. The quantitative estimate of drug-likeness (QED) is 0.922. The normalized spacial score (nSPS) is 26.9. The molecule has 2 heterocycles. The summed E-state index contributed by atoms with van der Waals surface area (Å²) in [5.41, 5.74) is 1.34. The largest absolute Gasteiger partial charge is 0.337 e. The summed E-state index contributed by atoms with van der Waals surface area (Å²) in [6.45, 7) is 7.54. The van der Waals surface area contributed by atoms with E-state index < -0.39 is 0 Å². The summed E-state index contributed by atoms with van der Waals surface area (Å²) in [5, 5.41) is 3.47. The molecule has 2 unspecified atom stereocenters. The van der Waals surface area contributed by atoms with Crippen molar-refractivity contribution in [3.05, 3.63) is 35.9 Å². The van der Waals surface area contributed by atoms with Gasteiger partial charge in [0.2, 0.25) is 5.91 Å². The van der Waals surface area contributed by atoms with Gasteiger partial charge in [-0.15, -0.1) is 0 Å². The van der Waals surface area contributed by atoms with Gasteiger partial charge in [-0.2, -0.15) is 0 Å². The Morgan fingerprint density at radius 3 is 2.76 bits per heavy atom. The Balaban J connectivity index is 1.54. The number of nitrogens with one attached hydrogen (secondary N) is 1. The Labute approximate surface area is 127 Å². The number of nitrogens with zero attached hydrogens (tertiary/aromatic N) is 1. The minimum absolute atomic E-state index is 0.0119. The summed E-state index contributed by atoms with van der Waals surface area (Å²) in [6, 6.07) is 10.4. The van der Waals surface area contributed by atoms with Crippen LogP contribution < -0.4 is 5.32 Å². The molecule has 2 aliphatic heterocycles. The number of fused-ring (bicyclic) bond motifs is 1. The van der Waals surface area contributed by atoms with E-state index in [2.05, 4.69) is 48.3 Å². The second-order valence-electron chi connectivity index (χ2n) is 7.02. The van der Waals surface area contributed by atoms with Crippen LogP contribution >= 0.6 is 0 Å². The molecule has 2 aliphatic rings. The van der Waals surface area contributed by atoms with Crippen molar-refractivity contribution in [2.75, 3.05) is 19.6 Å². The van der Waals surface area contributed by atoms with Crippen LogP contribution in [0.15, 0.2) is 30.3 Å². The van der Waals surface area contributed by atoms with Gasteiger partial charge in [-0.1, -0.05) is 30.3 Å². The highest BCUT2D eigenvalue weighted by Crippen LogP contribution is 2.40. The first-order valence-corrected chi connectivity index (χ1v) is 8.14. The first-order valence-electron chi connectivity index (χ1n) is 8.14. The fraction of sp³-hybridized carbons (Fsp3) is 0.611. The highest BCUT2D eigenvalue weighted by Gasteiger charge is 2.50. The molecule has 1 amide bonds. The van der Waals surface area contributed by atoms with Gasteiger partial charge in [0, 0.05) is 31.6 Å². The molecule has 3 heteroatoms. The fourth-order valence-corrected chi connectivity index (χ4v) is 4.07. The van der Waals surface area contributed by atoms with Crippen molar-refractivity contribution in [2.24, 2.45) is 11.8 Å². The molecule has 0 aliphatic carbocycles. The number of rotatable bonds is 4. The lowest BCUT2D eigenvalue weighted by molar-refractivity contribution is -0.135. The Kier molecular flexibility index (Phi) is 4.03. The maximum Gasteiger partial charge on any atom is 0.223 e. The number of hydrogen-bond acceptors (Lipinski definition) is 2. The zero-order valence-corrected chi connectivity index (χ0v) is 13.1. The second kappa shape index (κ2) is 5.80. The SMILES string of the molecule is CC1(C)C2CNCC2CN1C(=O)CCCc1ccccc1. The molecule has 0 aromatic heterocycles. The summed E-state index contributed by atoms with van der Waals surface area (Å²) in [4.78, 5) is 14.7. The summed E-state index contributed by atoms with van der Waals surface area (Å²) >= 11 is 0. The molecule has 3 nitrogen and oxygen atoms in total. The van der Waals surface area contributed by atoms with E-state index >= 15 is 0 Å². The molecule has 1 aromatic rings. The predicted molar refractivity (Wildman–Crippen MR) is 85.0 cm³/mol. The van der Waals surface area contributed by atoms with Gasteiger partial charge >= 0.3 is 0 Å². The smallest absolute Gasteiger partial charge is 0.223 e. The van der Waals surface area contributed by atoms with Crippen LogP contribution in [0, 0.1) is 11.8 Å². The van der Waals surface area contributed by atoms with E-state index in [1.807, 2.05) is 6.07 Å². The van der Waals surface area contributed by atoms with E-state index in [0.717, 1.165) is 32.5 Å². The molecule has 21 heavy (non-hydrogen) atoms. The molecular weight excluding hydrogens is 260 g/mol. The third-order valence-electron chi connectivity index (χ3n) is 5.36. The van der Waals surface area contributed by atoms with Crippen LogP contribution in [0.2, 0.25) is 0 Å². The van der Waals surface area contributed by atoms with Crippen LogP contribution in [-0.4, -0.2) is 36.0 Å². The summed E-state index contributed by atoms with van der Waals surface area (Å²) < 4.78 is 0. The van der Waals surface area contributed by atoms with Crippen molar-refractivity contribution in [1.82, 2.24) is 10.2 Å². The van der Waals surface area contributed by atoms with Crippen molar-refractivity contribution < 1.29 is 4.79 Å². The fourth-order valence-electron chi connectivity index (χ4n) is 4.07. The average Bonchev–Trinajstić information content (AvgIpc) is 3.02. The maximum atomic E-state index is 12.6. The van der Waals surface area contributed by atoms with E-state index in [0.29, 0.717) is 24.2 Å². The molecule has 1 N–H and O–H groups in total. The first-order chi connectivity index (χ1) is 10.1. The number of carbonyl (C=O) groups is 1. The van der Waals surface area contributed by atoms with Crippen molar-refractivity contribution >= 4 is 5.91 Å². The number of likely N-dealkylation sites (tertiary alicyclic amines) is 1. The molecule has 0 radical (unpaired) electrons. The summed E-state index contributed by atoms with van der Waals surface area (Å²) in [7, 11) is 0. The highest BCUT2D eigenvalue weighted by molar-refractivity contribution is 5.77.